The Balaban J connectivity index is 1.73. The molecule has 2 aromatic rings. The van der Waals surface area contributed by atoms with Crippen LogP contribution in [0.2, 0.25) is 0 Å². The van der Waals surface area contributed by atoms with E-state index in [1.54, 1.807) is 16.8 Å². The van der Waals surface area contributed by atoms with Gasteiger partial charge < -0.3 is 4.90 Å². The van der Waals surface area contributed by atoms with E-state index in [0.29, 0.717) is 12.5 Å². The summed E-state index contributed by atoms with van der Waals surface area (Å²) >= 11 is 3.12. The molecule has 1 saturated carbocycles. The zero-order valence-electron chi connectivity index (χ0n) is 12.3. The van der Waals surface area contributed by atoms with Gasteiger partial charge in [0.1, 0.15) is 4.88 Å². The molecule has 2 aromatic heterocycles. The van der Waals surface area contributed by atoms with Crippen molar-refractivity contribution in [2.75, 3.05) is 6.54 Å². The number of carbonyl (C=O) groups is 1. The number of hydrogen-bond acceptors (Lipinski definition) is 5. The molecule has 6 heteroatoms. The standard InChI is InChI=1S/C15H19N3OS2/c1-10(2)18(7-5-12-16-6-8-20-12)15(19)14-13(11-3-4-11)17-9-21-14/h6,8-11H,3-5,7H2,1-2H3. The first kappa shape index (κ1) is 14.7. The van der Waals surface area contributed by atoms with Crippen molar-refractivity contribution >= 4 is 28.6 Å². The summed E-state index contributed by atoms with van der Waals surface area (Å²) in [5.41, 5.74) is 2.82. The van der Waals surface area contributed by atoms with Crippen molar-refractivity contribution in [2.45, 2.75) is 45.1 Å². The van der Waals surface area contributed by atoms with Crippen molar-refractivity contribution in [2.24, 2.45) is 0 Å². The zero-order chi connectivity index (χ0) is 14.8. The van der Waals surface area contributed by atoms with Gasteiger partial charge in [0, 0.05) is 36.5 Å². The molecular formula is C15H19N3OS2. The van der Waals surface area contributed by atoms with Crippen molar-refractivity contribution in [1.29, 1.82) is 0 Å². The summed E-state index contributed by atoms with van der Waals surface area (Å²) < 4.78 is 0. The maximum absolute atomic E-state index is 12.8. The summed E-state index contributed by atoms with van der Waals surface area (Å²) in [7, 11) is 0. The SMILES string of the molecule is CC(C)N(CCc1nccs1)C(=O)c1scnc1C1CC1. The van der Waals surface area contributed by atoms with Gasteiger partial charge in [0.25, 0.3) is 5.91 Å². The van der Waals surface area contributed by atoms with Crippen molar-refractivity contribution in [3.05, 3.63) is 32.7 Å². The molecule has 3 rings (SSSR count). The second kappa shape index (κ2) is 6.23. The van der Waals surface area contributed by atoms with Gasteiger partial charge in [-0.25, -0.2) is 9.97 Å². The number of aromatic nitrogens is 2. The first-order valence-corrected chi connectivity index (χ1v) is 9.05. The van der Waals surface area contributed by atoms with Crippen LogP contribution in [-0.4, -0.2) is 33.4 Å². The summed E-state index contributed by atoms with van der Waals surface area (Å²) in [4.78, 5) is 24.3. The molecule has 0 aliphatic heterocycles. The van der Waals surface area contributed by atoms with Crippen molar-refractivity contribution in [1.82, 2.24) is 14.9 Å². The third kappa shape index (κ3) is 3.32. The van der Waals surface area contributed by atoms with Gasteiger partial charge in [0.15, 0.2) is 0 Å². The van der Waals surface area contributed by atoms with E-state index in [1.165, 1.54) is 24.2 Å². The average Bonchev–Trinajstić information content (AvgIpc) is 2.98. The van der Waals surface area contributed by atoms with Gasteiger partial charge in [-0.1, -0.05) is 0 Å². The van der Waals surface area contributed by atoms with E-state index >= 15 is 0 Å². The molecule has 0 bridgehead atoms. The maximum atomic E-state index is 12.8. The molecule has 112 valence electrons. The molecule has 0 N–H and O–H groups in total. The lowest BCUT2D eigenvalue weighted by Gasteiger charge is -2.26. The summed E-state index contributed by atoms with van der Waals surface area (Å²) in [6.07, 6.45) is 4.98. The Morgan fingerprint density at radius 3 is 2.81 bits per heavy atom. The van der Waals surface area contributed by atoms with Crippen LogP contribution in [0.1, 0.15) is 53.0 Å². The third-order valence-electron chi connectivity index (χ3n) is 3.69. The van der Waals surface area contributed by atoms with Gasteiger partial charge in [0.2, 0.25) is 0 Å². The smallest absolute Gasteiger partial charge is 0.266 e. The molecule has 2 heterocycles. The molecule has 1 fully saturated rings. The molecule has 0 saturated heterocycles. The van der Waals surface area contributed by atoms with Crippen LogP contribution in [0.15, 0.2) is 17.1 Å². The van der Waals surface area contributed by atoms with E-state index < -0.39 is 0 Å². The molecule has 0 aromatic carbocycles. The number of amides is 1. The minimum Gasteiger partial charge on any atom is -0.335 e. The molecule has 1 amide bonds. The predicted molar refractivity (Wildman–Crippen MR) is 86.1 cm³/mol. The molecule has 0 radical (unpaired) electrons. The van der Waals surface area contributed by atoms with E-state index in [1.807, 2.05) is 16.5 Å². The fourth-order valence-corrected chi connectivity index (χ4v) is 3.82. The van der Waals surface area contributed by atoms with E-state index in [0.717, 1.165) is 22.0 Å². The fraction of sp³-hybridized carbons (Fsp3) is 0.533. The van der Waals surface area contributed by atoms with E-state index in [4.69, 9.17) is 0 Å². The first-order valence-electron chi connectivity index (χ1n) is 7.29. The topological polar surface area (TPSA) is 46.1 Å². The summed E-state index contributed by atoms with van der Waals surface area (Å²) in [6, 6.07) is 0.187. The fourth-order valence-electron chi connectivity index (χ4n) is 2.38. The highest BCUT2D eigenvalue weighted by Crippen LogP contribution is 2.42. The molecule has 1 aliphatic carbocycles. The molecule has 1 aliphatic rings. The Labute approximate surface area is 132 Å². The Kier molecular flexibility index (Phi) is 4.35. The molecule has 0 spiro atoms. The number of nitrogens with zero attached hydrogens (tertiary/aromatic N) is 3. The van der Waals surface area contributed by atoms with Crippen molar-refractivity contribution < 1.29 is 4.79 Å². The average molecular weight is 321 g/mol. The second-order valence-corrected chi connectivity index (χ2v) is 7.44. The third-order valence-corrected chi connectivity index (χ3v) is 5.36. The first-order chi connectivity index (χ1) is 10.2. The van der Waals surface area contributed by atoms with Crippen LogP contribution in [0.25, 0.3) is 0 Å². The van der Waals surface area contributed by atoms with Crippen molar-refractivity contribution in [3.63, 3.8) is 0 Å². The highest BCUT2D eigenvalue weighted by molar-refractivity contribution is 7.12. The van der Waals surface area contributed by atoms with Crippen LogP contribution >= 0.6 is 22.7 Å². The summed E-state index contributed by atoms with van der Waals surface area (Å²) in [5.74, 6) is 0.647. The highest BCUT2D eigenvalue weighted by atomic mass is 32.1. The van der Waals surface area contributed by atoms with Gasteiger partial charge in [-0.15, -0.1) is 22.7 Å². The maximum Gasteiger partial charge on any atom is 0.266 e. The number of hydrogen-bond donors (Lipinski definition) is 0. The lowest BCUT2D eigenvalue weighted by atomic mass is 10.2. The van der Waals surface area contributed by atoms with Crippen LogP contribution in [0, 0.1) is 0 Å². The van der Waals surface area contributed by atoms with Crippen LogP contribution < -0.4 is 0 Å². The molecule has 0 unspecified atom stereocenters. The van der Waals surface area contributed by atoms with Gasteiger partial charge in [-0.2, -0.15) is 0 Å². The molecule has 0 atom stereocenters. The quantitative estimate of drug-likeness (QED) is 0.817. The van der Waals surface area contributed by atoms with Crippen LogP contribution in [0.3, 0.4) is 0 Å². The van der Waals surface area contributed by atoms with Gasteiger partial charge >= 0.3 is 0 Å². The lowest BCUT2D eigenvalue weighted by molar-refractivity contribution is 0.0711. The Hall–Kier alpha value is -1.27. The van der Waals surface area contributed by atoms with E-state index in [9.17, 15) is 4.79 Å². The van der Waals surface area contributed by atoms with Crippen LogP contribution in [0.4, 0.5) is 0 Å². The van der Waals surface area contributed by atoms with Gasteiger partial charge in [-0.05, 0) is 26.7 Å². The molecular weight excluding hydrogens is 302 g/mol. The largest absolute Gasteiger partial charge is 0.335 e. The van der Waals surface area contributed by atoms with Crippen LogP contribution in [0.5, 0.6) is 0 Å². The molecule has 21 heavy (non-hydrogen) atoms. The number of thiazole rings is 2. The van der Waals surface area contributed by atoms with Gasteiger partial charge in [-0.3, -0.25) is 4.79 Å². The lowest BCUT2D eigenvalue weighted by Crippen LogP contribution is -2.38. The normalized spacial score (nSPS) is 14.6. The number of rotatable bonds is 6. The molecule has 4 nitrogen and oxygen atoms in total. The Bertz CT molecular complexity index is 602. The van der Waals surface area contributed by atoms with Gasteiger partial charge in [0.05, 0.1) is 16.2 Å². The Morgan fingerprint density at radius 1 is 1.38 bits per heavy atom. The minimum absolute atomic E-state index is 0.131. The summed E-state index contributed by atoms with van der Waals surface area (Å²) in [5, 5.41) is 3.06. The number of carbonyl (C=O) groups excluding carboxylic acids is 1. The Morgan fingerprint density at radius 2 is 2.19 bits per heavy atom. The minimum atomic E-state index is 0.131. The highest BCUT2D eigenvalue weighted by Gasteiger charge is 2.32. The van der Waals surface area contributed by atoms with E-state index in [2.05, 4.69) is 23.8 Å². The monoisotopic (exact) mass is 321 g/mol. The van der Waals surface area contributed by atoms with Crippen molar-refractivity contribution in [3.8, 4) is 0 Å². The summed E-state index contributed by atoms with van der Waals surface area (Å²) in [6.45, 7) is 4.85. The zero-order valence-corrected chi connectivity index (χ0v) is 13.9. The predicted octanol–water partition coefficient (Wildman–Crippen LogP) is 3.57. The van der Waals surface area contributed by atoms with E-state index in [-0.39, 0.29) is 11.9 Å². The van der Waals surface area contributed by atoms with Crippen LogP contribution in [-0.2, 0) is 6.42 Å². The second-order valence-electron chi connectivity index (χ2n) is 5.61.